The SMILES string of the molecule is CN(C)CCCN(CCCN(C)C)CC(O)CN. The number of aliphatic hydroxyl groups excluding tert-OH is 1. The molecule has 0 aliphatic heterocycles. The topological polar surface area (TPSA) is 56.0 Å². The molecular formula is C13H32N4O. The Labute approximate surface area is 113 Å². The third-order valence-electron chi connectivity index (χ3n) is 2.90. The summed E-state index contributed by atoms with van der Waals surface area (Å²) >= 11 is 0. The van der Waals surface area contributed by atoms with Crippen LogP contribution >= 0.6 is 0 Å². The molecule has 0 aliphatic rings. The number of aliphatic hydroxyl groups is 1. The van der Waals surface area contributed by atoms with Crippen LogP contribution in [0.1, 0.15) is 12.8 Å². The zero-order valence-electron chi connectivity index (χ0n) is 12.6. The van der Waals surface area contributed by atoms with Crippen molar-refractivity contribution in [3.63, 3.8) is 0 Å². The summed E-state index contributed by atoms with van der Waals surface area (Å²) in [6.45, 7) is 5.27. The van der Waals surface area contributed by atoms with Gasteiger partial charge in [-0.3, -0.25) is 0 Å². The molecule has 1 atom stereocenters. The molecule has 3 N–H and O–H groups in total. The summed E-state index contributed by atoms with van der Waals surface area (Å²) in [5.41, 5.74) is 5.48. The lowest BCUT2D eigenvalue weighted by Crippen LogP contribution is -2.39. The van der Waals surface area contributed by atoms with Crippen molar-refractivity contribution in [2.45, 2.75) is 18.9 Å². The lowest BCUT2D eigenvalue weighted by Gasteiger charge is -2.25. The van der Waals surface area contributed by atoms with E-state index in [2.05, 4.69) is 42.9 Å². The summed E-state index contributed by atoms with van der Waals surface area (Å²) in [5, 5.41) is 9.66. The minimum Gasteiger partial charge on any atom is -0.390 e. The van der Waals surface area contributed by atoms with E-state index < -0.39 is 6.10 Å². The van der Waals surface area contributed by atoms with E-state index in [1.54, 1.807) is 0 Å². The monoisotopic (exact) mass is 260 g/mol. The third kappa shape index (κ3) is 10.9. The first kappa shape index (κ1) is 17.8. The molecular weight excluding hydrogens is 228 g/mol. The molecule has 0 bridgehead atoms. The molecule has 0 rings (SSSR count). The van der Waals surface area contributed by atoms with Crippen LogP contribution in [0, 0.1) is 0 Å². The molecule has 0 aliphatic carbocycles. The van der Waals surface area contributed by atoms with Gasteiger partial charge in [-0.15, -0.1) is 0 Å². The van der Waals surface area contributed by atoms with Gasteiger partial charge in [-0.25, -0.2) is 0 Å². The van der Waals surface area contributed by atoms with Crippen LogP contribution < -0.4 is 5.73 Å². The van der Waals surface area contributed by atoms with Crippen LogP contribution in [0.5, 0.6) is 0 Å². The number of nitrogens with two attached hydrogens (primary N) is 1. The van der Waals surface area contributed by atoms with Crippen LogP contribution in [-0.2, 0) is 0 Å². The molecule has 110 valence electrons. The van der Waals surface area contributed by atoms with E-state index in [1.165, 1.54) is 0 Å². The first-order chi connectivity index (χ1) is 8.45. The van der Waals surface area contributed by atoms with Gasteiger partial charge in [0.15, 0.2) is 0 Å². The highest BCUT2D eigenvalue weighted by atomic mass is 16.3. The summed E-state index contributed by atoms with van der Waals surface area (Å²) in [5.74, 6) is 0. The molecule has 0 amide bonds. The van der Waals surface area contributed by atoms with Gasteiger partial charge in [0.05, 0.1) is 6.10 Å². The molecule has 5 nitrogen and oxygen atoms in total. The Hall–Kier alpha value is -0.200. The van der Waals surface area contributed by atoms with Crippen LogP contribution in [0.4, 0.5) is 0 Å². The van der Waals surface area contributed by atoms with E-state index in [0.29, 0.717) is 13.1 Å². The van der Waals surface area contributed by atoms with E-state index in [4.69, 9.17) is 5.73 Å². The van der Waals surface area contributed by atoms with Crippen molar-refractivity contribution in [1.82, 2.24) is 14.7 Å². The zero-order valence-corrected chi connectivity index (χ0v) is 12.6. The van der Waals surface area contributed by atoms with E-state index in [9.17, 15) is 5.11 Å². The average Bonchev–Trinajstić information content (AvgIpc) is 2.27. The highest BCUT2D eigenvalue weighted by Gasteiger charge is 2.10. The predicted octanol–water partition coefficient (Wildman–Crippen LogP) is -0.489. The van der Waals surface area contributed by atoms with Gasteiger partial charge in [0.2, 0.25) is 0 Å². The van der Waals surface area contributed by atoms with E-state index >= 15 is 0 Å². The Balaban J connectivity index is 3.91. The lowest BCUT2D eigenvalue weighted by atomic mass is 10.2. The maximum absolute atomic E-state index is 9.66. The van der Waals surface area contributed by atoms with Crippen molar-refractivity contribution in [1.29, 1.82) is 0 Å². The van der Waals surface area contributed by atoms with Gasteiger partial charge in [0, 0.05) is 13.1 Å². The molecule has 18 heavy (non-hydrogen) atoms. The Morgan fingerprint density at radius 3 is 1.67 bits per heavy atom. The Kier molecular flexibility index (Phi) is 10.6. The lowest BCUT2D eigenvalue weighted by molar-refractivity contribution is 0.114. The van der Waals surface area contributed by atoms with Gasteiger partial charge in [0.25, 0.3) is 0 Å². The number of nitrogens with zero attached hydrogens (tertiary/aromatic N) is 3. The van der Waals surface area contributed by atoms with Crippen LogP contribution in [0.3, 0.4) is 0 Å². The van der Waals surface area contributed by atoms with Crippen LogP contribution in [0.25, 0.3) is 0 Å². The van der Waals surface area contributed by atoms with Crippen molar-refractivity contribution in [2.24, 2.45) is 5.73 Å². The first-order valence-electron chi connectivity index (χ1n) is 6.85. The van der Waals surface area contributed by atoms with E-state index in [1.807, 2.05) is 0 Å². The van der Waals surface area contributed by atoms with Crippen molar-refractivity contribution < 1.29 is 5.11 Å². The molecule has 0 aromatic carbocycles. The summed E-state index contributed by atoms with van der Waals surface area (Å²) in [6, 6.07) is 0. The molecule has 5 heteroatoms. The molecule has 0 radical (unpaired) electrons. The van der Waals surface area contributed by atoms with Gasteiger partial charge in [-0.05, 0) is 67.2 Å². The summed E-state index contributed by atoms with van der Waals surface area (Å²) < 4.78 is 0. The Morgan fingerprint density at radius 1 is 0.889 bits per heavy atom. The fourth-order valence-corrected chi connectivity index (χ4v) is 1.89. The van der Waals surface area contributed by atoms with Gasteiger partial charge >= 0.3 is 0 Å². The molecule has 0 fully saturated rings. The first-order valence-corrected chi connectivity index (χ1v) is 6.85. The van der Waals surface area contributed by atoms with Crippen molar-refractivity contribution in [2.75, 3.05) is 67.5 Å². The predicted molar refractivity (Wildman–Crippen MR) is 77.8 cm³/mol. The molecule has 0 aromatic heterocycles. The number of hydrogen-bond acceptors (Lipinski definition) is 5. The summed E-state index contributed by atoms with van der Waals surface area (Å²) in [6.07, 6.45) is 1.86. The minimum atomic E-state index is -0.399. The Bertz CT molecular complexity index is 174. The van der Waals surface area contributed by atoms with Crippen LogP contribution in [-0.4, -0.2) is 93.4 Å². The van der Waals surface area contributed by atoms with Gasteiger partial charge < -0.3 is 25.5 Å². The maximum Gasteiger partial charge on any atom is 0.0789 e. The second-order valence-electron chi connectivity index (χ2n) is 5.50. The molecule has 0 spiro atoms. The number of hydrogen-bond donors (Lipinski definition) is 2. The average molecular weight is 260 g/mol. The second-order valence-corrected chi connectivity index (χ2v) is 5.50. The van der Waals surface area contributed by atoms with Crippen molar-refractivity contribution in [3.05, 3.63) is 0 Å². The largest absolute Gasteiger partial charge is 0.390 e. The van der Waals surface area contributed by atoms with Gasteiger partial charge in [-0.1, -0.05) is 0 Å². The standard InChI is InChI=1S/C13H32N4O/c1-15(2)7-5-9-17(12-13(18)11-14)10-6-8-16(3)4/h13,18H,5-12,14H2,1-4H3. The molecule has 1 unspecified atom stereocenters. The molecule has 0 heterocycles. The fraction of sp³-hybridized carbons (Fsp3) is 1.00. The van der Waals surface area contributed by atoms with E-state index in [0.717, 1.165) is 39.0 Å². The highest BCUT2D eigenvalue weighted by molar-refractivity contribution is 4.66. The summed E-state index contributed by atoms with van der Waals surface area (Å²) in [4.78, 5) is 6.71. The van der Waals surface area contributed by atoms with E-state index in [-0.39, 0.29) is 0 Å². The molecule has 0 saturated heterocycles. The summed E-state index contributed by atoms with van der Waals surface area (Å²) in [7, 11) is 8.35. The normalized spacial score (nSPS) is 13.8. The molecule has 0 aromatic rings. The van der Waals surface area contributed by atoms with Crippen LogP contribution in [0.2, 0.25) is 0 Å². The Morgan fingerprint density at radius 2 is 1.33 bits per heavy atom. The zero-order chi connectivity index (χ0) is 14.0. The minimum absolute atomic E-state index is 0.345. The quantitative estimate of drug-likeness (QED) is 0.525. The number of rotatable bonds is 11. The maximum atomic E-state index is 9.66. The smallest absolute Gasteiger partial charge is 0.0789 e. The third-order valence-corrected chi connectivity index (χ3v) is 2.90. The van der Waals surface area contributed by atoms with Crippen molar-refractivity contribution >= 4 is 0 Å². The fourth-order valence-electron chi connectivity index (χ4n) is 1.89. The second kappa shape index (κ2) is 10.7. The molecule has 0 saturated carbocycles. The van der Waals surface area contributed by atoms with Gasteiger partial charge in [0.1, 0.15) is 0 Å². The van der Waals surface area contributed by atoms with Crippen LogP contribution in [0.15, 0.2) is 0 Å². The van der Waals surface area contributed by atoms with Gasteiger partial charge in [-0.2, -0.15) is 0 Å². The van der Waals surface area contributed by atoms with Crippen molar-refractivity contribution in [3.8, 4) is 0 Å². The highest BCUT2D eigenvalue weighted by Crippen LogP contribution is 1.98.